The van der Waals surface area contributed by atoms with E-state index in [1.807, 2.05) is 31.7 Å². The van der Waals surface area contributed by atoms with E-state index >= 15 is 0 Å². The van der Waals surface area contributed by atoms with Crippen molar-refractivity contribution in [1.29, 1.82) is 0 Å². The molecule has 0 saturated carbocycles. The first-order valence-corrected chi connectivity index (χ1v) is 11.1. The first-order valence-electron chi connectivity index (χ1n) is 10.2. The molecule has 0 spiro atoms. The monoisotopic (exact) mass is 405 g/mol. The summed E-state index contributed by atoms with van der Waals surface area (Å²) in [5.74, 6) is 0.648. The molecule has 0 fully saturated rings. The Bertz CT molecular complexity index is 695. The van der Waals surface area contributed by atoms with Crippen LogP contribution in [-0.4, -0.2) is 35.5 Å². The molecule has 1 aromatic rings. The zero-order chi connectivity index (χ0) is 20.9. The average molecular weight is 406 g/mol. The molecule has 0 aromatic heterocycles. The number of thioether (sulfide) groups is 1. The highest BCUT2D eigenvalue weighted by Crippen LogP contribution is 2.41. The third-order valence-electron chi connectivity index (χ3n) is 5.28. The second-order valence-corrected chi connectivity index (χ2v) is 11.1. The second-order valence-electron chi connectivity index (χ2n) is 9.31. The average Bonchev–Trinajstić information content (AvgIpc) is 2.64. The first kappa shape index (κ1) is 22.8. The van der Waals surface area contributed by atoms with Crippen LogP contribution in [0, 0.1) is 11.3 Å². The van der Waals surface area contributed by atoms with Crippen molar-refractivity contribution in [3.8, 4) is 0 Å². The van der Waals surface area contributed by atoms with E-state index in [0.717, 1.165) is 18.6 Å². The van der Waals surface area contributed by atoms with Crippen LogP contribution in [0.15, 0.2) is 24.3 Å². The zero-order valence-electron chi connectivity index (χ0n) is 18.1. The SMILES string of the molecule is COC(=O)[C@H](CC(C)C)NC(=O)C1(CSC(C)(C)C)CCc2ccccc2C1. The molecule has 1 aromatic carbocycles. The third kappa shape index (κ3) is 6.00. The maximum absolute atomic E-state index is 13.5. The Hall–Kier alpha value is -1.49. The molecule has 1 N–H and O–H groups in total. The van der Waals surface area contributed by atoms with Gasteiger partial charge in [0.2, 0.25) is 5.91 Å². The molecule has 0 aliphatic heterocycles. The summed E-state index contributed by atoms with van der Waals surface area (Å²) in [6.07, 6.45) is 2.99. The van der Waals surface area contributed by atoms with Crippen molar-refractivity contribution >= 4 is 23.6 Å². The number of hydrogen-bond acceptors (Lipinski definition) is 4. The lowest BCUT2D eigenvalue weighted by atomic mass is 9.72. The highest BCUT2D eigenvalue weighted by molar-refractivity contribution is 8.00. The second kappa shape index (κ2) is 9.34. The van der Waals surface area contributed by atoms with E-state index in [4.69, 9.17) is 4.74 Å². The smallest absolute Gasteiger partial charge is 0.328 e. The van der Waals surface area contributed by atoms with Gasteiger partial charge in [-0.3, -0.25) is 4.79 Å². The van der Waals surface area contributed by atoms with Crippen LogP contribution in [0.1, 0.15) is 58.6 Å². The van der Waals surface area contributed by atoms with Gasteiger partial charge in [-0.05, 0) is 42.7 Å². The number of fused-ring (bicyclic) bond motifs is 1. The Labute approximate surface area is 174 Å². The topological polar surface area (TPSA) is 55.4 Å². The largest absolute Gasteiger partial charge is 0.467 e. The Balaban J connectivity index is 2.28. The molecule has 1 aliphatic rings. The van der Waals surface area contributed by atoms with Crippen molar-refractivity contribution in [2.75, 3.05) is 12.9 Å². The van der Waals surface area contributed by atoms with Crippen molar-refractivity contribution in [2.45, 2.75) is 71.1 Å². The van der Waals surface area contributed by atoms with Crippen molar-refractivity contribution < 1.29 is 14.3 Å². The van der Waals surface area contributed by atoms with Crippen LogP contribution in [0.2, 0.25) is 0 Å². The molecular weight excluding hydrogens is 370 g/mol. The molecule has 2 rings (SSSR count). The summed E-state index contributed by atoms with van der Waals surface area (Å²) in [4.78, 5) is 25.8. The fraction of sp³-hybridized carbons (Fsp3) is 0.652. The summed E-state index contributed by atoms with van der Waals surface area (Å²) in [6, 6.07) is 7.80. The number of hydrogen-bond donors (Lipinski definition) is 1. The molecule has 0 heterocycles. The van der Waals surface area contributed by atoms with Crippen molar-refractivity contribution in [3.63, 3.8) is 0 Å². The number of aryl methyl sites for hydroxylation is 1. The quantitative estimate of drug-likeness (QED) is 0.683. The molecule has 2 atom stereocenters. The summed E-state index contributed by atoms with van der Waals surface area (Å²) in [5, 5.41) is 3.05. The van der Waals surface area contributed by atoms with E-state index in [9.17, 15) is 9.59 Å². The van der Waals surface area contributed by atoms with Gasteiger partial charge >= 0.3 is 5.97 Å². The van der Waals surface area contributed by atoms with E-state index in [1.54, 1.807) is 0 Å². The molecule has 0 radical (unpaired) electrons. The minimum absolute atomic E-state index is 0.0187. The Morgan fingerprint density at radius 3 is 2.43 bits per heavy atom. The van der Waals surface area contributed by atoms with Crippen molar-refractivity contribution in [2.24, 2.45) is 11.3 Å². The van der Waals surface area contributed by atoms with Crippen LogP contribution in [0.4, 0.5) is 0 Å². The fourth-order valence-electron chi connectivity index (χ4n) is 3.68. The number of esters is 1. The van der Waals surface area contributed by atoms with Gasteiger partial charge in [0, 0.05) is 10.5 Å². The molecule has 0 saturated heterocycles. The maximum atomic E-state index is 13.5. The van der Waals surface area contributed by atoms with Gasteiger partial charge in [0.15, 0.2) is 0 Å². The Morgan fingerprint density at radius 2 is 1.86 bits per heavy atom. The van der Waals surface area contributed by atoms with E-state index < -0.39 is 11.5 Å². The minimum Gasteiger partial charge on any atom is -0.467 e. The number of rotatable bonds is 7. The maximum Gasteiger partial charge on any atom is 0.328 e. The van der Waals surface area contributed by atoms with E-state index in [0.29, 0.717) is 12.8 Å². The van der Waals surface area contributed by atoms with Crippen LogP contribution in [0.3, 0.4) is 0 Å². The fourth-order valence-corrected chi connectivity index (χ4v) is 4.76. The standard InChI is InChI=1S/C23H35NO3S/c1-16(2)13-19(20(25)27-6)24-21(26)23(15-28-22(3,4)5)12-11-17-9-7-8-10-18(17)14-23/h7-10,16,19H,11-15H2,1-6H3,(H,24,26)/t19-,23?/m0/s1. The Kier molecular flexibility index (Phi) is 7.60. The van der Waals surface area contributed by atoms with E-state index in [-0.39, 0.29) is 22.5 Å². The van der Waals surface area contributed by atoms with Crippen LogP contribution < -0.4 is 5.32 Å². The molecule has 1 amide bonds. The van der Waals surface area contributed by atoms with Crippen molar-refractivity contribution in [1.82, 2.24) is 5.32 Å². The number of carbonyl (C=O) groups excluding carboxylic acids is 2. The van der Waals surface area contributed by atoms with Crippen LogP contribution >= 0.6 is 11.8 Å². The summed E-state index contributed by atoms with van der Waals surface area (Å²) in [7, 11) is 1.38. The summed E-state index contributed by atoms with van der Waals surface area (Å²) in [6.45, 7) is 10.6. The van der Waals surface area contributed by atoms with E-state index in [2.05, 4.69) is 44.3 Å². The van der Waals surface area contributed by atoms with Gasteiger partial charge in [0.25, 0.3) is 0 Å². The van der Waals surface area contributed by atoms with Gasteiger partial charge in [-0.2, -0.15) is 11.8 Å². The van der Waals surface area contributed by atoms with Gasteiger partial charge in [0.05, 0.1) is 12.5 Å². The zero-order valence-corrected chi connectivity index (χ0v) is 18.9. The van der Waals surface area contributed by atoms with Crippen LogP contribution in [-0.2, 0) is 27.2 Å². The molecular formula is C23H35NO3S. The highest BCUT2D eigenvalue weighted by atomic mass is 32.2. The van der Waals surface area contributed by atoms with Gasteiger partial charge < -0.3 is 10.1 Å². The highest BCUT2D eigenvalue weighted by Gasteiger charge is 2.43. The number of carbonyl (C=O) groups is 2. The number of nitrogens with one attached hydrogen (secondary N) is 1. The van der Waals surface area contributed by atoms with E-state index in [1.165, 1.54) is 18.2 Å². The molecule has 4 nitrogen and oxygen atoms in total. The van der Waals surface area contributed by atoms with Gasteiger partial charge in [-0.25, -0.2) is 4.79 Å². The first-order chi connectivity index (χ1) is 13.1. The summed E-state index contributed by atoms with van der Waals surface area (Å²) >= 11 is 1.82. The number of benzene rings is 1. The molecule has 156 valence electrons. The van der Waals surface area contributed by atoms with Gasteiger partial charge in [-0.1, -0.05) is 58.9 Å². The minimum atomic E-state index is -0.591. The van der Waals surface area contributed by atoms with Crippen LogP contribution in [0.25, 0.3) is 0 Å². The van der Waals surface area contributed by atoms with Gasteiger partial charge in [0.1, 0.15) is 6.04 Å². The molecule has 0 bridgehead atoms. The lowest BCUT2D eigenvalue weighted by Crippen LogP contribution is -2.52. The lowest BCUT2D eigenvalue weighted by Gasteiger charge is -2.39. The predicted molar refractivity (Wildman–Crippen MR) is 117 cm³/mol. The lowest BCUT2D eigenvalue weighted by molar-refractivity contribution is -0.147. The predicted octanol–water partition coefficient (Wildman–Crippen LogP) is 4.40. The summed E-state index contributed by atoms with van der Waals surface area (Å²) < 4.78 is 5.02. The molecule has 28 heavy (non-hydrogen) atoms. The normalized spacial score (nSPS) is 20.4. The number of ether oxygens (including phenoxy) is 1. The third-order valence-corrected chi connectivity index (χ3v) is 6.84. The Morgan fingerprint density at radius 1 is 1.21 bits per heavy atom. The molecule has 1 aliphatic carbocycles. The van der Waals surface area contributed by atoms with Crippen molar-refractivity contribution in [3.05, 3.63) is 35.4 Å². The molecule has 1 unspecified atom stereocenters. The van der Waals surface area contributed by atoms with Gasteiger partial charge in [-0.15, -0.1) is 0 Å². The molecule has 5 heteroatoms. The van der Waals surface area contributed by atoms with Crippen LogP contribution in [0.5, 0.6) is 0 Å². The number of amides is 1. The number of methoxy groups -OCH3 is 1. The summed E-state index contributed by atoms with van der Waals surface area (Å²) in [5.41, 5.74) is 2.07.